The standard InChI is InChI=1S/C34H36N2O13.C27H29NO11.C7H7NO3.ClH/c1-15-29(41)18(35-9-4-10-36-22(39)7-8-23(36)40)11-24(48-15)49-20-13-34(46,21(38)14-37)12-17-26(20)33(45)28-27(31(17)43)30(42)16-5-3-6-19(47-2)25(16)32(28)44;1-10-22(31)13(28)6-17(38-10)39-15-8-27(36,16(30)9-29)7-12-19(15)26(35)21-20(24(12)33)23(32)11-4-3-5-14(37-2)18(11)25(21)34;9-5-1-4-8-6(10)2-3-7(8)11;/h3,5-8,15,18,20,24,29,35,37,41,43,45-46H,4,9-14H2,1-2H3;3-5,10,13,15,17,22,29,31,33,35-36H,6-9,28H2,1-2H3;2-3,5H,1,4H2;1H/t15?,18?,20-,24?,29?,34-;10?,13?,15-,17?,22?,27-;;/m00../s1. The number of aliphatic hydroxyl groups excluding tert-OH is 4. The second kappa shape index (κ2) is 30.0. The molecule has 4 aromatic rings. The lowest BCUT2D eigenvalue weighted by molar-refractivity contribution is -0.249. The lowest BCUT2D eigenvalue weighted by Crippen LogP contribution is -2.55. The molecule has 534 valence electrons. The zero-order valence-corrected chi connectivity index (χ0v) is 54.9. The van der Waals surface area contributed by atoms with Crippen LogP contribution in [-0.4, -0.2) is 233 Å². The number of Topliss-reactive ketones (excluding diaryl/α,β-unsaturated/α-hetero) is 2. The number of hydrogen-bond acceptors (Lipinski definition) is 29. The van der Waals surface area contributed by atoms with Crippen molar-refractivity contribution < 1.29 is 132 Å². The largest absolute Gasteiger partial charge is 0.507 e. The Morgan fingerprint density at radius 3 is 1.40 bits per heavy atom. The minimum absolute atomic E-state index is 0. The predicted octanol–water partition coefficient (Wildman–Crippen LogP) is -0.129. The molecule has 2 saturated heterocycles. The van der Waals surface area contributed by atoms with Crippen molar-refractivity contribution >= 4 is 77.0 Å². The lowest BCUT2D eigenvalue weighted by Gasteiger charge is -2.43. The number of hydrogen-bond donors (Lipinski definition) is 12. The Kier molecular flexibility index (Phi) is 22.6. The normalized spacial score (nSPS) is 26.9. The summed E-state index contributed by atoms with van der Waals surface area (Å²) in [5.41, 5.74) is -1.49. The van der Waals surface area contributed by atoms with Gasteiger partial charge in [-0.2, -0.15) is 0 Å². The number of carbonyl (C=O) groups is 11. The fourth-order valence-corrected chi connectivity index (χ4v) is 13.7. The van der Waals surface area contributed by atoms with Crippen molar-refractivity contribution in [1.29, 1.82) is 0 Å². The lowest BCUT2D eigenvalue weighted by atomic mass is 9.72. The first-order chi connectivity index (χ1) is 47.0. The van der Waals surface area contributed by atoms with Crippen LogP contribution in [0, 0.1) is 0 Å². The molecule has 4 aromatic carbocycles. The molecule has 4 aliphatic heterocycles. The number of imide groups is 2. The average molecular weight is 1410 g/mol. The smallest absolute Gasteiger partial charge is 0.253 e. The first-order valence-electron chi connectivity index (χ1n) is 31.4. The Labute approximate surface area is 574 Å². The number of carbonyl (C=O) groups excluding carboxylic acids is 11. The summed E-state index contributed by atoms with van der Waals surface area (Å²) < 4.78 is 34.4. The van der Waals surface area contributed by atoms with Crippen molar-refractivity contribution in [2.45, 2.75) is 138 Å². The first kappa shape index (κ1) is 75.1. The SMILES string of the molecule is COc1cccc2c1C(=O)c1c(O)c3c(c(O)c1C2=O)C[C@@](O)(C(=O)CO)C[C@@H]3OC1CC(N)C(O)C(C)O1.COc1cccc2c1C(=O)c1c(O)c3c(c(O)c1C2=O)C[C@@](O)(C(=O)CO)C[C@@H]3OC1CC(NCCCN2C(=O)C=CC2=O)C(O)C(C)O1.Cl.O=CCCN1C(=O)C=CC1=O. The van der Waals surface area contributed by atoms with Gasteiger partial charge in [-0.3, -0.25) is 57.7 Å². The van der Waals surface area contributed by atoms with Crippen LogP contribution in [0.1, 0.15) is 151 Å². The van der Waals surface area contributed by atoms with E-state index in [0.717, 1.165) is 9.80 Å². The van der Waals surface area contributed by atoms with Crippen LogP contribution < -0.4 is 20.5 Å². The number of fused-ring (bicyclic) bond motifs is 6. The van der Waals surface area contributed by atoms with Crippen molar-refractivity contribution in [1.82, 2.24) is 15.1 Å². The fraction of sp³-hybridized carbons (Fsp3) is 0.426. The minimum atomic E-state index is -2.30. The van der Waals surface area contributed by atoms with Gasteiger partial charge in [0.2, 0.25) is 11.6 Å². The molecule has 2 fully saturated rings. The Bertz CT molecular complexity index is 4070. The number of nitrogens with zero attached hydrogens (tertiary/aromatic N) is 2. The van der Waals surface area contributed by atoms with Crippen molar-refractivity contribution in [2.75, 3.05) is 47.1 Å². The number of rotatable bonds is 18. The number of ether oxygens (including phenoxy) is 6. The number of ketones is 6. The van der Waals surface area contributed by atoms with Gasteiger partial charge in [-0.1, -0.05) is 24.3 Å². The molecule has 8 unspecified atom stereocenters. The molecule has 4 aliphatic carbocycles. The van der Waals surface area contributed by atoms with Gasteiger partial charge < -0.3 is 95.3 Å². The maximum atomic E-state index is 13.9. The molecule has 4 amide bonds. The van der Waals surface area contributed by atoms with Crippen LogP contribution in [0.3, 0.4) is 0 Å². The third kappa shape index (κ3) is 13.7. The maximum absolute atomic E-state index is 13.9. The molecule has 13 N–H and O–H groups in total. The molecule has 12 rings (SSSR count). The number of aromatic hydroxyl groups is 4. The van der Waals surface area contributed by atoms with Gasteiger partial charge in [-0.05, 0) is 38.9 Å². The van der Waals surface area contributed by atoms with Gasteiger partial charge in [0.05, 0.1) is 84.2 Å². The van der Waals surface area contributed by atoms with Gasteiger partial charge in [-0.15, -0.1) is 12.4 Å². The van der Waals surface area contributed by atoms with Gasteiger partial charge >= 0.3 is 0 Å². The van der Waals surface area contributed by atoms with Gasteiger partial charge in [0, 0.05) is 128 Å². The highest BCUT2D eigenvalue weighted by molar-refractivity contribution is 6.32. The van der Waals surface area contributed by atoms with Crippen molar-refractivity contribution in [2.24, 2.45) is 5.73 Å². The summed E-state index contributed by atoms with van der Waals surface area (Å²) in [6.45, 7) is 1.75. The van der Waals surface area contributed by atoms with E-state index in [1.165, 1.54) is 74.9 Å². The zero-order chi connectivity index (χ0) is 72.0. The van der Waals surface area contributed by atoms with E-state index in [2.05, 4.69) is 5.32 Å². The number of amides is 4. The second-order valence-corrected chi connectivity index (χ2v) is 24.8. The van der Waals surface area contributed by atoms with Crippen LogP contribution in [0.4, 0.5) is 0 Å². The van der Waals surface area contributed by atoms with E-state index in [1.54, 1.807) is 13.8 Å². The molecule has 8 aliphatic rings. The van der Waals surface area contributed by atoms with Crippen LogP contribution in [-0.2, 0) is 65.4 Å². The molecule has 0 aromatic heterocycles. The quantitative estimate of drug-likeness (QED) is 0.0231. The molecule has 32 heteroatoms. The highest BCUT2D eigenvalue weighted by atomic mass is 35.5. The highest BCUT2D eigenvalue weighted by Crippen LogP contribution is 2.55. The summed E-state index contributed by atoms with van der Waals surface area (Å²) in [5, 5.41) is 112. The van der Waals surface area contributed by atoms with E-state index in [0.29, 0.717) is 19.3 Å². The Hall–Kier alpha value is -9.06. The van der Waals surface area contributed by atoms with Crippen LogP contribution in [0.25, 0.3) is 0 Å². The van der Waals surface area contributed by atoms with E-state index < -0.39 is 203 Å². The molecule has 0 saturated carbocycles. The average Bonchev–Trinajstić information content (AvgIpc) is 0.895. The first-order valence-corrected chi connectivity index (χ1v) is 31.4. The summed E-state index contributed by atoms with van der Waals surface area (Å²) in [6, 6.07) is 7.35. The van der Waals surface area contributed by atoms with Crippen LogP contribution in [0.15, 0.2) is 60.7 Å². The van der Waals surface area contributed by atoms with Gasteiger partial charge in [0.25, 0.3) is 23.6 Å². The minimum Gasteiger partial charge on any atom is -0.507 e. The molecule has 0 radical (unpaired) electrons. The highest BCUT2D eigenvalue weighted by Gasteiger charge is 2.53. The molecule has 12 atom stereocenters. The number of nitrogens with two attached hydrogens (primary N) is 1. The number of aldehydes is 1. The Morgan fingerprint density at radius 2 is 1.00 bits per heavy atom. The molecule has 100 heavy (non-hydrogen) atoms. The van der Waals surface area contributed by atoms with E-state index in [9.17, 15) is 104 Å². The van der Waals surface area contributed by atoms with E-state index in [1.807, 2.05) is 0 Å². The number of phenols is 4. The van der Waals surface area contributed by atoms with Crippen molar-refractivity contribution in [3.63, 3.8) is 0 Å². The third-order valence-corrected chi connectivity index (χ3v) is 18.8. The van der Waals surface area contributed by atoms with E-state index in [-0.39, 0.29) is 113 Å². The van der Waals surface area contributed by atoms with Crippen molar-refractivity contribution in [3.8, 4) is 34.5 Å². The van der Waals surface area contributed by atoms with Crippen molar-refractivity contribution in [3.05, 3.63) is 127 Å². The zero-order valence-electron chi connectivity index (χ0n) is 54.1. The topological polar surface area (TPSA) is 490 Å². The number of benzene rings is 4. The third-order valence-electron chi connectivity index (χ3n) is 18.8. The molecular formula is C68H73ClN4O27. The number of phenolic OH excluding ortho intramolecular Hbond substituents is 4. The molecule has 0 bridgehead atoms. The molecule has 31 nitrogen and oxygen atoms in total. The van der Waals surface area contributed by atoms with Gasteiger partial charge in [-0.25, -0.2) is 0 Å². The summed E-state index contributed by atoms with van der Waals surface area (Å²) in [6.07, 6.45) is -4.51. The van der Waals surface area contributed by atoms with Crippen LogP contribution >= 0.6 is 12.4 Å². The van der Waals surface area contributed by atoms with Gasteiger partial charge in [0.1, 0.15) is 65.2 Å². The number of nitrogens with one attached hydrogen (secondary N) is 1. The molecule has 4 heterocycles. The van der Waals surface area contributed by atoms with Gasteiger partial charge in [0.15, 0.2) is 35.7 Å². The fourth-order valence-electron chi connectivity index (χ4n) is 13.7. The number of methoxy groups -OCH3 is 2. The second-order valence-electron chi connectivity index (χ2n) is 24.8. The number of aliphatic hydroxyl groups is 6. The summed E-state index contributed by atoms with van der Waals surface area (Å²) in [4.78, 5) is 137. The molecule has 0 spiro atoms. The number of halogens is 1. The van der Waals surface area contributed by atoms with E-state index >= 15 is 0 Å². The summed E-state index contributed by atoms with van der Waals surface area (Å²) >= 11 is 0. The summed E-state index contributed by atoms with van der Waals surface area (Å²) in [7, 11) is 2.63. The monoisotopic (exact) mass is 1410 g/mol. The maximum Gasteiger partial charge on any atom is 0.253 e. The predicted molar refractivity (Wildman–Crippen MR) is 342 cm³/mol. The molecular weight excluding hydrogens is 1340 g/mol. The van der Waals surface area contributed by atoms with Crippen LogP contribution in [0.2, 0.25) is 0 Å². The Balaban J connectivity index is 0.000000204. The Morgan fingerprint density at radius 1 is 0.600 bits per heavy atom. The summed E-state index contributed by atoms with van der Waals surface area (Å²) in [5.74, 6) is -9.20. The van der Waals surface area contributed by atoms with Crippen LogP contribution in [0.5, 0.6) is 34.5 Å². The van der Waals surface area contributed by atoms with E-state index in [4.69, 9.17) is 34.2 Å².